The molecule has 0 N–H and O–H groups in total. The number of hydrogen-bond donors (Lipinski definition) is 0. The first-order valence-corrected chi connectivity index (χ1v) is 6.73. The van der Waals surface area contributed by atoms with Crippen molar-refractivity contribution in [1.29, 1.82) is 0 Å². The molecule has 2 aliphatic carbocycles. The first-order valence-electron chi connectivity index (χ1n) is 5.48. The Morgan fingerprint density at radius 2 is 2.14 bits per heavy atom. The Balaban J connectivity index is 2.08. The van der Waals surface area contributed by atoms with Crippen LogP contribution in [0.4, 0.5) is 0 Å². The van der Waals surface area contributed by atoms with Crippen molar-refractivity contribution in [2.24, 2.45) is 23.2 Å². The van der Waals surface area contributed by atoms with Gasteiger partial charge in [0, 0.05) is 0 Å². The number of fused-ring (bicyclic) bond motifs is 2. The van der Waals surface area contributed by atoms with Crippen molar-refractivity contribution in [2.45, 2.75) is 33.1 Å². The molecule has 2 fully saturated rings. The summed E-state index contributed by atoms with van der Waals surface area (Å²) in [5, 5.41) is 0. The van der Waals surface area contributed by atoms with E-state index in [0.717, 1.165) is 17.6 Å². The Kier molecular flexibility index (Phi) is 2.73. The molecule has 0 amide bonds. The summed E-state index contributed by atoms with van der Waals surface area (Å²) in [5.74, 6) is 3.03. The highest BCUT2D eigenvalue weighted by molar-refractivity contribution is 7.80. The second-order valence-corrected chi connectivity index (χ2v) is 6.61. The second-order valence-electron chi connectivity index (χ2n) is 5.33. The van der Waals surface area contributed by atoms with E-state index < -0.39 is 11.1 Å². The monoisotopic (exact) mass is 216 g/mol. The van der Waals surface area contributed by atoms with Crippen molar-refractivity contribution in [3.05, 3.63) is 0 Å². The van der Waals surface area contributed by atoms with Crippen LogP contribution in [-0.2, 0) is 15.3 Å². The lowest BCUT2D eigenvalue weighted by Gasteiger charge is -2.37. The van der Waals surface area contributed by atoms with Crippen molar-refractivity contribution >= 4 is 11.1 Å². The second kappa shape index (κ2) is 3.60. The van der Waals surface area contributed by atoms with Crippen LogP contribution in [0, 0.1) is 23.2 Å². The van der Waals surface area contributed by atoms with Gasteiger partial charge in [0.15, 0.2) is 11.1 Å². The standard InChI is InChI=1S/C11H20O2S/c1-11(2)9-5-4-8(6-9)10(11)7-14(12)13-3/h8-10H,4-7H2,1-3H3/t8-,9+,10?,14?/m1/s1. The van der Waals surface area contributed by atoms with Gasteiger partial charge in [-0.3, -0.25) is 4.18 Å². The van der Waals surface area contributed by atoms with Crippen LogP contribution in [0.5, 0.6) is 0 Å². The Bertz CT molecular complexity index is 250. The molecular weight excluding hydrogens is 196 g/mol. The molecular formula is C11H20O2S. The van der Waals surface area contributed by atoms with Gasteiger partial charge in [-0.1, -0.05) is 13.8 Å². The maximum Gasteiger partial charge on any atom is 0.155 e. The third-order valence-electron chi connectivity index (χ3n) is 4.55. The van der Waals surface area contributed by atoms with Gasteiger partial charge in [-0.15, -0.1) is 0 Å². The van der Waals surface area contributed by atoms with Crippen LogP contribution in [0.15, 0.2) is 0 Å². The Hall–Kier alpha value is 0.110. The summed E-state index contributed by atoms with van der Waals surface area (Å²) in [7, 11) is 1.54. The Morgan fingerprint density at radius 3 is 2.64 bits per heavy atom. The van der Waals surface area contributed by atoms with Crippen LogP contribution in [-0.4, -0.2) is 17.1 Å². The van der Waals surface area contributed by atoms with E-state index in [2.05, 4.69) is 13.8 Å². The predicted molar refractivity (Wildman–Crippen MR) is 58.1 cm³/mol. The number of rotatable bonds is 3. The van der Waals surface area contributed by atoms with Crippen LogP contribution in [0.3, 0.4) is 0 Å². The van der Waals surface area contributed by atoms with E-state index in [9.17, 15) is 4.21 Å². The average molecular weight is 216 g/mol. The van der Waals surface area contributed by atoms with Gasteiger partial charge in [0.05, 0.1) is 12.9 Å². The topological polar surface area (TPSA) is 26.3 Å². The van der Waals surface area contributed by atoms with Gasteiger partial charge in [0.1, 0.15) is 0 Å². The summed E-state index contributed by atoms with van der Waals surface area (Å²) in [6, 6.07) is 0. The fraction of sp³-hybridized carbons (Fsp3) is 1.00. The molecule has 0 radical (unpaired) electrons. The third kappa shape index (κ3) is 1.54. The molecule has 0 heterocycles. The molecule has 0 spiro atoms. The quantitative estimate of drug-likeness (QED) is 0.724. The molecule has 3 heteroatoms. The van der Waals surface area contributed by atoms with E-state index in [4.69, 9.17) is 4.18 Å². The van der Waals surface area contributed by atoms with Crippen molar-refractivity contribution in [2.75, 3.05) is 12.9 Å². The van der Waals surface area contributed by atoms with E-state index in [1.165, 1.54) is 26.4 Å². The lowest BCUT2D eigenvalue weighted by Crippen LogP contribution is -2.34. The zero-order valence-electron chi connectivity index (χ0n) is 9.29. The minimum Gasteiger partial charge on any atom is -0.294 e. The van der Waals surface area contributed by atoms with Crippen molar-refractivity contribution in [3.63, 3.8) is 0 Å². The molecule has 0 aromatic heterocycles. The summed E-state index contributed by atoms with van der Waals surface area (Å²) < 4.78 is 16.3. The smallest absolute Gasteiger partial charge is 0.155 e. The Labute approximate surface area is 89.1 Å². The number of hydrogen-bond acceptors (Lipinski definition) is 2. The van der Waals surface area contributed by atoms with Gasteiger partial charge < -0.3 is 0 Å². The van der Waals surface area contributed by atoms with Gasteiger partial charge in [0.2, 0.25) is 0 Å². The fourth-order valence-electron chi connectivity index (χ4n) is 3.53. The molecule has 2 aliphatic rings. The lowest BCUT2D eigenvalue weighted by molar-refractivity contribution is 0.138. The van der Waals surface area contributed by atoms with E-state index in [1.54, 1.807) is 0 Å². The van der Waals surface area contributed by atoms with E-state index in [0.29, 0.717) is 11.3 Å². The summed E-state index contributed by atoms with van der Waals surface area (Å²) >= 11 is -1.07. The molecule has 2 unspecified atom stereocenters. The van der Waals surface area contributed by atoms with Gasteiger partial charge in [0.25, 0.3) is 0 Å². The molecule has 4 atom stereocenters. The van der Waals surface area contributed by atoms with Crippen molar-refractivity contribution in [1.82, 2.24) is 0 Å². The third-order valence-corrected chi connectivity index (χ3v) is 5.55. The van der Waals surface area contributed by atoms with E-state index >= 15 is 0 Å². The minimum atomic E-state index is -1.07. The summed E-state index contributed by atoms with van der Waals surface area (Å²) in [5.41, 5.74) is 0.386. The van der Waals surface area contributed by atoms with Gasteiger partial charge in [-0.25, -0.2) is 4.21 Å². The van der Waals surface area contributed by atoms with Gasteiger partial charge in [-0.05, 0) is 42.4 Å². The normalized spacial score (nSPS) is 41.5. The van der Waals surface area contributed by atoms with Crippen LogP contribution in [0.2, 0.25) is 0 Å². The maximum atomic E-state index is 11.4. The maximum absolute atomic E-state index is 11.4. The highest BCUT2D eigenvalue weighted by atomic mass is 32.2. The molecule has 0 aromatic carbocycles. The first kappa shape index (κ1) is 10.6. The van der Waals surface area contributed by atoms with Crippen LogP contribution < -0.4 is 0 Å². The van der Waals surface area contributed by atoms with E-state index in [-0.39, 0.29) is 0 Å². The summed E-state index contributed by atoms with van der Waals surface area (Å²) in [6.07, 6.45) is 4.09. The Morgan fingerprint density at radius 1 is 1.43 bits per heavy atom. The largest absolute Gasteiger partial charge is 0.294 e. The molecule has 0 saturated heterocycles. The van der Waals surface area contributed by atoms with Crippen LogP contribution in [0.25, 0.3) is 0 Å². The average Bonchev–Trinajstić information content (AvgIpc) is 2.68. The zero-order chi connectivity index (χ0) is 10.3. The van der Waals surface area contributed by atoms with Gasteiger partial charge in [-0.2, -0.15) is 0 Å². The molecule has 2 bridgehead atoms. The predicted octanol–water partition coefficient (Wildman–Crippen LogP) is 2.37. The SMILES string of the molecule is COS(=O)CC1[C@@H]2CC[C@@H](C2)C1(C)C. The summed E-state index contributed by atoms with van der Waals surface area (Å²) in [4.78, 5) is 0. The molecule has 0 aromatic rings. The zero-order valence-corrected chi connectivity index (χ0v) is 10.1. The molecule has 14 heavy (non-hydrogen) atoms. The highest BCUT2D eigenvalue weighted by Crippen LogP contribution is 2.59. The fourth-order valence-corrected chi connectivity index (χ4v) is 4.66. The molecule has 82 valence electrons. The van der Waals surface area contributed by atoms with E-state index in [1.807, 2.05) is 0 Å². The first-order chi connectivity index (χ1) is 6.55. The van der Waals surface area contributed by atoms with Crippen molar-refractivity contribution in [3.8, 4) is 0 Å². The molecule has 2 nitrogen and oxygen atoms in total. The van der Waals surface area contributed by atoms with Crippen molar-refractivity contribution < 1.29 is 8.39 Å². The molecule has 0 aliphatic heterocycles. The molecule has 2 saturated carbocycles. The molecule has 2 rings (SSSR count). The summed E-state index contributed by atoms with van der Waals surface area (Å²) in [6.45, 7) is 4.68. The van der Waals surface area contributed by atoms with Gasteiger partial charge >= 0.3 is 0 Å². The lowest BCUT2D eigenvalue weighted by atomic mass is 9.69. The highest BCUT2D eigenvalue weighted by Gasteiger charge is 2.52. The minimum absolute atomic E-state index is 0.386. The van der Waals surface area contributed by atoms with Crippen LogP contribution >= 0.6 is 0 Å². The van der Waals surface area contributed by atoms with Crippen LogP contribution in [0.1, 0.15) is 33.1 Å².